The summed E-state index contributed by atoms with van der Waals surface area (Å²) in [4.78, 5) is 15.1. The zero-order valence-corrected chi connectivity index (χ0v) is 18.3. The van der Waals surface area contributed by atoms with E-state index in [0.29, 0.717) is 48.5 Å². The van der Waals surface area contributed by atoms with E-state index >= 15 is 0 Å². The van der Waals surface area contributed by atoms with E-state index in [1.807, 2.05) is 41.8 Å². The van der Waals surface area contributed by atoms with Crippen molar-refractivity contribution in [1.29, 1.82) is 0 Å². The van der Waals surface area contributed by atoms with Crippen molar-refractivity contribution in [3.05, 3.63) is 54.1 Å². The number of carbonyl (C=O) groups excluding carboxylic acids is 1. The van der Waals surface area contributed by atoms with Gasteiger partial charge in [-0.3, -0.25) is 4.79 Å². The van der Waals surface area contributed by atoms with Crippen molar-refractivity contribution in [2.45, 2.75) is 25.0 Å². The molecule has 8 heteroatoms. The zero-order valence-electron chi connectivity index (χ0n) is 17.5. The molecule has 31 heavy (non-hydrogen) atoms. The van der Waals surface area contributed by atoms with Crippen LogP contribution in [0.3, 0.4) is 0 Å². The summed E-state index contributed by atoms with van der Waals surface area (Å²) in [6.45, 7) is 5.75. The molecule has 0 atom stereocenters. The van der Waals surface area contributed by atoms with Crippen LogP contribution in [0.15, 0.2) is 53.7 Å². The van der Waals surface area contributed by atoms with Gasteiger partial charge in [0.05, 0.1) is 24.5 Å². The number of Topliss-reactive ketones (excluding diaryl/α,β-unsaturated/α-hetero) is 1. The lowest BCUT2D eigenvalue weighted by Crippen LogP contribution is -2.36. The fourth-order valence-electron chi connectivity index (χ4n) is 3.72. The number of nitrogens with zero attached hydrogens (tertiary/aromatic N) is 4. The molecule has 1 N–H and O–H groups in total. The molecule has 0 bridgehead atoms. The number of anilines is 1. The molecule has 2 aromatic carbocycles. The molecule has 0 spiro atoms. The number of rotatable bonds is 8. The van der Waals surface area contributed by atoms with Crippen LogP contribution in [-0.4, -0.2) is 57.7 Å². The number of hydrogen-bond donors (Lipinski definition) is 1. The lowest BCUT2D eigenvalue weighted by Gasteiger charge is -2.30. The number of ketones is 1. The van der Waals surface area contributed by atoms with Crippen molar-refractivity contribution in [1.82, 2.24) is 14.8 Å². The van der Waals surface area contributed by atoms with Gasteiger partial charge in [0, 0.05) is 31.7 Å². The summed E-state index contributed by atoms with van der Waals surface area (Å²) in [6, 6.07) is 15.2. The quantitative estimate of drug-likeness (QED) is 0.540. The van der Waals surface area contributed by atoms with Gasteiger partial charge in [-0.1, -0.05) is 42.1 Å². The normalized spacial score (nSPS) is 14.0. The number of aromatic nitrogens is 3. The first-order chi connectivity index (χ1) is 15.2. The van der Waals surface area contributed by atoms with Gasteiger partial charge in [0.2, 0.25) is 0 Å². The number of aromatic hydroxyl groups is 1. The average Bonchev–Trinajstić information content (AvgIpc) is 3.21. The third kappa shape index (κ3) is 4.91. The van der Waals surface area contributed by atoms with Crippen LogP contribution in [-0.2, 0) is 22.5 Å². The fraction of sp³-hybridized carbons (Fsp3) is 0.348. The van der Waals surface area contributed by atoms with E-state index in [9.17, 15) is 9.90 Å². The summed E-state index contributed by atoms with van der Waals surface area (Å²) < 4.78 is 7.38. The van der Waals surface area contributed by atoms with E-state index in [1.54, 1.807) is 12.1 Å². The summed E-state index contributed by atoms with van der Waals surface area (Å²) in [5.74, 6) is 1.22. The number of para-hydroxylation sites is 2. The van der Waals surface area contributed by atoms with Crippen molar-refractivity contribution >= 4 is 23.2 Å². The van der Waals surface area contributed by atoms with Gasteiger partial charge in [-0.2, -0.15) is 0 Å². The first-order valence-electron chi connectivity index (χ1n) is 10.4. The highest BCUT2D eigenvalue weighted by molar-refractivity contribution is 7.99. The van der Waals surface area contributed by atoms with Gasteiger partial charge >= 0.3 is 0 Å². The molecule has 0 aliphatic carbocycles. The average molecular weight is 439 g/mol. The number of ether oxygens (including phenoxy) is 1. The Morgan fingerprint density at radius 3 is 2.61 bits per heavy atom. The Hall–Kier alpha value is -2.84. The standard InChI is InChI=1S/C23H26N4O3S/c1-2-27-22(19-8-4-6-10-21(19)29)24-25-23(27)31-16-18(28)15-17-7-3-5-9-20(17)26-11-13-30-14-12-26/h3-10,29H,2,11-16H2,1H3. The number of benzene rings is 2. The minimum absolute atomic E-state index is 0.139. The smallest absolute Gasteiger partial charge is 0.191 e. The molecule has 0 amide bonds. The highest BCUT2D eigenvalue weighted by Gasteiger charge is 2.19. The van der Waals surface area contributed by atoms with Gasteiger partial charge in [0.1, 0.15) is 11.5 Å². The number of phenols is 1. The Morgan fingerprint density at radius 2 is 1.84 bits per heavy atom. The van der Waals surface area contributed by atoms with Gasteiger partial charge in [-0.05, 0) is 30.7 Å². The summed E-state index contributed by atoms with van der Waals surface area (Å²) in [5.41, 5.74) is 2.79. The number of phenolic OH excluding ortho intramolecular Hbond substituents is 1. The van der Waals surface area contributed by atoms with Crippen LogP contribution in [0.4, 0.5) is 5.69 Å². The predicted octanol–water partition coefficient (Wildman–Crippen LogP) is 3.41. The lowest BCUT2D eigenvalue weighted by atomic mass is 10.1. The minimum Gasteiger partial charge on any atom is -0.507 e. The highest BCUT2D eigenvalue weighted by atomic mass is 32.2. The summed E-state index contributed by atoms with van der Waals surface area (Å²) >= 11 is 1.39. The molecule has 0 radical (unpaired) electrons. The number of morpholine rings is 1. The molecule has 2 heterocycles. The Morgan fingerprint density at radius 1 is 1.10 bits per heavy atom. The second-order valence-corrected chi connectivity index (χ2v) is 8.24. The Bertz CT molecular complexity index is 1050. The summed E-state index contributed by atoms with van der Waals surface area (Å²) in [7, 11) is 0. The van der Waals surface area contributed by atoms with Gasteiger partial charge in [-0.15, -0.1) is 10.2 Å². The van der Waals surface area contributed by atoms with Gasteiger partial charge in [0.15, 0.2) is 11.0 Å². The molecular weight excluding hydrogens is 412 g/mol. The molecule has 1 aliphatic heterocycles. The van der Waals surface area contributed by atoms with Crippen LogP contribution in [0.1, 0.15) is 12.5 Å². The van der Waals surface area contributed by atoms with E-state index in [4.69, 9.17) is 4.74 Å². The maximum absolute atomic E-state index is 12.8. The van der Waals surface area contributed by atoms with Gasteiger partial charge < -0.3 is 19.3 Å². The van der Waals surface area contributed by atoms with Crippen LogP contribution in [0.2, 0.25) is 0 Å². The van der Waals surface area contributed by atoms with Gasteiger partial charge in [0.25, 0.3) is 0 Å². The van der Waals surface area contributed by atoms with E-state index in [-0.39, 0.29) is 11.5 Å². The molecule has 3 aromatic rings. The van der Waals surface area contributed by atoms with E-state index in [2.05, 4.69) is 21.2 Å². The molecule has 1 aromatic heterocycles. The fourth-order valence-corrected chi connectivity index (χ4v) is 4.59. The first-order valence-corrected chi connectivity index (χ1v) is 11.4. The maximum Gasteiger partial charge on any atom is 0.191 e. The first kappa shape index (κ1) is 21.4. The highest BCUT2D eigenvalue weighted by Crippen LogP contribution is 2.30. The van der Waals surface area contributed by atoms with Crippen LogP contribution in [0.25, 0.3) is 11.4 Å². The Labute approximate surface area is 186 Å². The maximum atomic E-state index is 12.8. The molecule has 162 valence electrons. The molecule has 0 saturated carbocycles. The topological polar surface area (TPSA) is 80.5 Å². The Kier molecular flexibility index (Phi) is 6.89. The molecule has 7 nitrogen and oxygen atoms in total. The predicted molar refractivity (Wildman–Crippen MR) is 122 cm³/mol. The molecule has 0 unspecified atom stereocenters. The second-order valence-electron chi connectivity index (χ2n) is 7.30. The van der Waals surface area contributed by atoms with Crippen LogP contribution in [0.5, 0.6) is 5.75 Å². The van der Waals surface area contributed by atoms with Crippen LogP contribution < -0.4 is 4.90 Å². The van der Waals surface area contributed by atoms with Crippen molar-refractivity contribution in [2.75, 3.05) is 37.0 Å². The molecule has 1 aliphatic rings. The van der Waals surface area contributed by atoms with Crippen LogP contribution in [0, 0.1) is 0 Å². The zero-order chi connectivity index (χ0) is 21.6. The summed E-state index contributed by atoms with van der Waals surface area (Å²) in [5, 5.41) is 19.4. The third-order valence-electron chi connectivity index (χ3n) is 5.27. The van der Waals surface area contributed by atoms with Crippen molar-refractivity contribution in [3.8, 4) is 17.1 Å². The van der Waals surface area contributed by atoms with Crippen molar-refractivity contribution in [3.63, 3.8) is 0 Å². The lowest BCUT2D eigenvalue weighted by molar-refractivity contribution is -0.116. The minimum atomic E-state index is 0.139. The van der Waals surface area contributed by atoms with Crippen molar-refractivity contribution < 1.29 is 14.6 Å². The SMILES string of the molecule is CCn1c(SCC(=O)Cc2ccccc2N2CCOCC2)nnc1-c1ccccc1O. The van der Waals surface area contributed by atoms with Crippen molar-refractivity contribution in [2.24, 2.45) is 0 Å². The molecule has 4 rings (SSSR count). The largest absolute Gasteiger partial charge is 0.507 e. The van der Waals surface area contributed by atoms with E-state index in [0.717, 1.165) is 24.3 Å². The summed E-state index contributed by atoms with van der Waals surface area (Å²) in [6.07, 6.45) is 0.382. The monoisotopic (exact) mass is 438 g/mol. The van der Waals surface area contributed by atoms with E-state index < -0.39 is 0 Å². The molecule has 1 saturated heterocycles. The number of carbonyl (C=O) groups is 1. The van der Waals surface area contributed by atoms with Crippen LogP contribution >= 0.6 is 11.8 Å². The second kappa shape index (κ2) is 9.98. The van der Waals surface area contributed by atoms with E-state index in [1.165, 1.54) is 11.8 Å². The Balaban J connectivity index is 1.44. The third-order valence-corrected chi connectivity index (χ3v) is 6.30. The van der Waals surface area contributed by atoms with Gasteiger partial charge in [-0.25, -0.2) is 0 Å². The molecular formula is C23H26N4O3S. The number of thioether (sulfide) groups is 1. The number of hydrogen-bond acceptors (Lipinski definition) is 7. The molecule has 1 fully saturated rings.